The molecule has 0 saturated heterocycles. The zero-order valence-electron chi connectivity index (χ0n) is 85.7. The molecular weight excluding hydrogens is 1890 g/mol. The van der Waals surface area contributed by atoms with E-state index in [0.717, 1.165) is 86.4 Å². The number of carbonyl (C=O) groups is 5. The van der Waals surface area contributed by atoms with Crippen molar-refractivity contribution in [2.45, 2.75) is 252 Å². The van der Waals surface area contributed by atoms with Crippen molar-refractivity contribution < 1.29 is 83.0 Å². The van der Waals surface area contributed by atoms with Crippen molar-refractivity contribution in [3.05, 3.63) is 204 Å². The predicted octanol–water partition coefficient (Wildman–Crippen LogP) is 26.2. The quantitative estimate of drug-likeness (QED) is 0.0139. The molecule has 3 aliphatic rings. The molecule has 18 nitrogen and oxygen atoms in total. The van der Waals surface area contributed by atoms with E-state index in [4.69, 9.17) is 64.4 Å². The van der Waals surface area contributed by atoms with Crippen molar-refractivity contribution in [1.82, 2.24) is 34.9 Å². The van der Waals surface area contributed by atoms with Gasteiger partial charge in [-0.05, 0) is 203 Å². The second kappa shape index (κ2) is 68.9. The number of hydrogen-bond acceptors (Lipinski definition) is 19. The first-order chi connectivity index (χ1) is 65.5. The molecule has 25 heteroatoms. The number of aliphatic hydroxyl groups excluding tert-OH is 1. The summed E-state index contributed by atoms with van der Waals surface area (Å²) in [6, 6.07) is 53.6. The number of rotatable bonds is 44. The minimum Gasteiger partial charge on any atom is -1.00 e. The average Bonchev–Trinajstić information content (AvgIpc) is 1.61. The molecule has 0 unspecified atom stereocenters. The Morgan fingerprint density at radius 2 is 0.804 bits per heavy atom. The maximum Gasteiger partial charge on any atom is 2.00 e. The number of allylic oxidation sites excluding steroid dienone is 5. The van der Waals surface area contributed by atoms with Crippen LogP contribution in [-0.2, 0) is 61.7 Å². The van der Waals surface area contributed by atoms with Gasteiger partial charge in [-0.1, -0.05) is 328 Å². The summed E-state index contributed by atoms with van der Waals surface area (Å²) in [4.78, 5) is 91.2. The number of halogens is 1. The monoisotopic (exact) mass is 2050 g/mol. The van der Waals surface area contributed by atoms with Crippen LogP contribution < -0.4 is 22.4 Å². The van der Waals surface area contributed by atoms with Crippen LogP contribution in [0.15, 0.2) is 188 Å². The average molecular weight is 2050 g/mol. The van der Waals surface area contributed by atoms with Gasteiger partial charge in [0.2, 0.25) is 0 Å². The van der Waals surface area contributed by atoms with E-state index in [1.165, 1.54) is 154 Å². The largest absolute Gasteiger partial charge is 2.00 e. The molecule has 1 radical (unpaired) electrons. The Morgan fingerprint density at radius 1 is 0.413 bits per heavy atom. The Kier molecular flexibility index (Phi) is 61.9. The molecule has 1 aliphatic carbocycles. The summed E-state index contributed by atoms with van der Waals surface area (Å²) in [5.41, 5.74) is 11.0. The van der Waals surface area contributed by atoms with Crippen LogP contribution >= 0.6 is 58.8 Å². The fourth-order valence-electron chi connectivity index (χ4n) is 13.8. The molecular formula is C113H157ClCuN7O11S5-. The molecule has 12 rings (SSSR count). The van der Waals surface area contributed by atoms with Gasteiger partial charge in [0, 0.05) is 56.6 Å². The van der Waals surface area contributed by atoms with E-state index in [2.05, 4.69) is 125 Å². The zero-order chi connectivity index (χ0) is 99.7. The van der Waals surface area contributed by atoms with E-state index < -0.39 is 33.6 Å². The molecule has 0 saturated carbocycles. The number of ether oxygens (including phenoxy) is 3. The van der Waals surface area contributed by atoms with Crippen molar-refractivity contribution >= 4 is 138 Å². The van der Waals surface area contributed by atoms with Gasteiger partial charge < -0.3 is 66.9 Å². The number of hydrogen-bond donors (Lipinski definition) is 3. The number of nitrogens with zero attached hydrogens (tertiary/aromatic N) is 7. The SMILES string of the molecule is CC.CC1C=CC(=C(c2ccccc2)c2ccc(CCCOC(=O)C(C)(C)CSCCO)cc2)C=C1.CCC(C)(C)C(=O)O.CCC(C)(C)C(=O)O.CCCCCCCCOC(=O)CSCC(C)(C)C(=O)OCCSC.CCCCCCCCSC.CCCCCCCCSC.[Cl-].[Cu+2].c1ccc2c(c1)-c1cc3[n-]c(nc4nc(nc5[n-]c(nc-2n1)c1ccccc51)-c1ccccc1-4)c1ccccc31. The number of carboxylic acids is 2. The van der Waals surface area contributed by atoms with Gasteiger partial charge >= 0.3 is 46.9 Å². The van der Waals surface area contributed by atoms with Gasteiger partial charge in [0.05, 0.1) is 70.4 Å². The van der Waals surface area contributed by atoms with E-state index in [0.29, 0.717) is 90.3 Å². The molecule has 3 N–H and O–H groups in total. The van der Waals surface area contributed by atoms with E-state index in [1.54, 1.807) is 51.2 Å². The third kappa shape index (κ3) is 43.3. The van der Waals surface area contributed by atoms with Gasteiger partial charge in [-0.25, -0.2) is 9.97 Å². The number of thioether (sulfide) groups is 5. The van der Waals surface area contributed by atoms with Crippen LogP contribution in [0.1, 0.15) is 262 Å². The molecule has 759 valence electrons. The van der Waals surface area contributed by atoms with Crippen molar-refractivity contribution in [2.24, 2.45) is 27.6 Å². The number of fused-ring (bicyclic) bond motifs is 20. The number of esters is 3. The molecule has 138 heavy (non-hydrogen) atoms. The first kappa shape index (κ1) is 124. The van der Waals surface area contributed by atoms with Gasteiger partial charge in [0.25, 0.3) is 0 Å². The van der Waals surface area contributed by atoms with Crippen LogP contribution in [0.4, 0.5) is 0 Å². The maximum atomic E-state index is 12.4. The number of aliphatic hydroxyl groups is 1. The van der Waals surface area contributed by atoms with Gasteiger partial charge in [0.15, 0.2) is 0 Å². The summed E-state index contributed by atoms with van der Waals surface area (Å²) in [7, 11) is 0. The second-order valence-electron chi connectivity index (χ2n) is 36.3. The van der Waals surface area contributed by atoms with Crippen molar-refractivity contribution in [1.29, 1.82) is 0 Å². The van der Waals surface area contributed by atoms with Crippen molar-refractivity contribution in [3.8, 4) is 45.4 Å². The predicted molar refractivity (Wildman–Crippen MR) is 583 cm³/mol. The topological polar surface area (TPSA) is 266 Å². The number of benzene rings is 6. The normalized spacial score (nSPS) is 12.1. The summed E-state index contributed by atoms with van der Waals surface area (Å²) in [5.74, 6) is 5.85. The van der Waals surface area contributed by atoms with Crippen LogP contribution in [0, 0.1) is 27.6 Å². The van der Waals surface area contributed by atoms with Crippen LogP contribution in [0.2, 0.25) is 0 Å². The summed E-state index contributed by atoms with van der Waals surface area (Å²) in [5, 5.41) is 29.6. The third-order valence-electron chi connectivity index (χ3n) is 23.2. The molecule has 6 aromatic carbocycles. The van der Waals surface area contributed by atoms with E-state index in [9.17, 15) is 24.0 Å². The van der Waals surface area contributed by atoms with E-state index in [-0.39, 0.29) is 59.7 Å². The Balaban J connectivity index is 0.000000453. The number of aliphatic carboxylic acids is 2. The molecule has 0 spiro atoms. The maximum absolute atomic E-state index is 12.4. The van der Waals surface area contributed by atoms with Crippen LogP contribution in [0.3, 0.4) is 0 Å². The molecule has 0 amide bonds. The second-order valence-corrected chi connectivity index (χ2v) is 41.3. The number of unbranched alkanes of at least 4 members (excludes halogenated alkanes) is 15. The van der Waals surface area contributed by atoms with Crippen molar-refractivity contribution in [3.63, 3.8) is 0 Å². The van der Waals surface area contributed by atoms with E-state index >= 15 is 0 Å². The van der Waals surface area contributed by atoms with E-state index in [1.807, 2.05) is 182 Å². The minimum absolute atomic E-state index is 0. The smallest absolute Gasteiger partial charge is 1.00 e. The molecule has 9 aromatic rings. The number of carboxylic acid groups (broad SMARTS) is 2. The zero-order valence-corrected chi connectivity index (χ0v) is 91.5. The Labute approximate surface area is 864 Å². The van der Waals surface area contributed by atoms with Gasteiger partial charge in [-0.2, -0.15) is 47.0 Å². The van der Waals surface area contributed by atoms with Gasteiger partial charge in [-0.3, -0.25) is 24.0 Å². The summed E-state index contributed by atoms with van der Waals surface area (Å²) in [6.07, 6.45) is 42.5. The molecule has 0 atom stereocenters. The summed E-state index contributed by atoms with van der Waals surface area (Å²) in [6.45, 7) is 32.5. The molecule has 8 bridgehead atoms. The fraction of sp³-hybridized carbons (Fsp3) is 0.504. The Morgan fingerprint density at radius 3 is 1.26 bits per heavy atom. The number of aromatic nitrogens is 7. The fourth-order valence-corrected chi connectivity index (χ4v) is 16.9. The Bertz CT molecular complexity index is 4940. The summed E-state index contributed by atoms with van der Waals surface area (Å²) < 4.78 is 16.0. The number of carbonyl (C=O) groups excluding carboxylic acids is 3. The van der Waals surface area contributed by atoms with Crippen LogP contribution in [0.5, 0.6) is 0 Å². The first-order valence-electron chi connectivity index (χ1n) is 49.2. The number of aryl methyl sites for hydroxylation is 1. The van der Waals surface area contributed by atoms with Crippen molar-refractivity contribution in [2.75, 3.05) is 85.5 Å². The van der Waals surface area contributed by atoms with Crippen LogP contribution in [0.25, 0.3) is 95.0 Å². The van der Waals surface area contributed by atoms with Gasteiger partial charge in [-0.15, -0.1) is 11.8 Å². The molecule has 3 aromatic heterocycles. The standard InChI is InChI=1S/C33H17N7.C30H36O3S.C18H34O4S2.2C9H20S.2C6H12O2.C2H6.ClH.Cu/c1-3-11-20-18(9-1)26-17-27-19-10-2-4-12-21(19)29(35-27)37-31-23-14-6-8-16-25(23)33(39-31)40-32-24-15-7-5-13-22(24)30(38-32)36-28(20)34-26;1-23-11-15-26(16-12-23)28(25-9-5-4-6-10-25)27-17-13-24(14-18-27)8-7-20-33-29(32)30(2,3)22-34-21-19-31;1-5-6-7-8-9-10-11-21-16(19)14-24-15-18(2,3)17(20)22-12-13-23-4;2*1-3-4-5-6-7-8-9-10-2;2*1-4-6(2,3)5(7)8;1-2;;/h1-17H;4-6,9-18,23,31H,7-8,19-22H2,1-3H3;5-15H2,1-4H3;2*3-9H2,1-2H3;2*4H2,1-3H3,(H,7,8);1-2H3;1H;/q-2;;;;;;;;;+2/p-1. The molecule has 5 heterocycles. The van der Waals surface area contributed by atoms with Crippen LogP contribution in [-0.4, -0.2) is 156 Å². The first-order valence-corrected chi connectivity index (χ1v) is 55.6. The minimum atomic E-state index is -0.722. The van der Waals surface area contributed by atoms with Gasteiger partial charge in [0.1, 0.15) is 6.61 Å². The molecule has 0 fully saturated rings. The molecule has 2 aliphatic heterocycles. The Hall–Kier alpha value is -8.16. The third-order valence-corrected chi connectivity index (χ3v) is 27.9. The summed E-state index contributed by atoms with van der Waals surface area (Å²) >= 11 is 8.58.